The third kappa shape index (κ3) is 3.28. The Morgan fingerprint density at radius 3 is 2.65 bits per heavy atom. The zero-order valence-electron chi connectivity index (χ0n) is 9.63. The Hall–Kier alpha value is -0.900. The SMILES string of the molecule is NC(=Nc1ccc(Br)c(F)c1)C1CCCCC1. The minimum atomic E-state index is -0.303. The number of amidine groups is 1. The fourth-order valence-electron chi connectivity index (χ4n) is 2.19. The molecule has 1 aromatic carbocycles. The molecule has 0 unspecified atom stereocenters. The van der Waals surface area contributed by atoms with Gasteiger partial charge in [-0.3, -0.25) is 0 Å². The van der Waals surface area contributed by atoms with Crippen LogP contribution in [-0.4, -0.2) is 5.84 Å². The second-order valence-electron chi connectivity index (χ2n) is 4.47. The summed E-state index contributed by atoms with van der Waals surface area (Å²) in [6.07, 6.45) is 5.94. The number of nitrogens with two attached hydrogens (primary N) is 1. The van der Waals surface area contributed by atoms with Gasteiger partial charge in [0, 0.05) is 12.0 Å². The summed E-state index contributed by atoms with van der Waals surface area (Å²) < 4.78 is 13.8. The quantitative estimate of drug-likeness (QED) is 0.646. The summed E-state index contributed by atoms with van der Waals surface area (Å²) in [4.78, 5) is 4.32. The van der Waals surface area contributed by atoms with Crippen molar-refractivity contribution in [1.82, 2.24) is 0 Å². The predicted molar refractivity (Wildman–Crippen MR) is 72.0 cm³/mol. The topological polar surface area (TPSA) is 38.4 Å². The van der Waals surface area contributed by atoms with Crippen molar-refractivity contribution in [2.24, 2.45) is 16.6 Å². The van der Waals surface area contributed by atoms with Crippen molar-refractivity contribution in [3.05, 3.63) is 28.5 Å². The first kappa shape index (κ1) is 12.6. The molecular weight excluding hydrogens is 283 g/mol. The van der Waals surface area contributed by atoms with E-state index in [1.807, 2.05) is 0 Å². The first-order valence-electron chi connectivity index (χ1n) is 5.96. The Labute approximate surface area is 109 Å². The minimum Gasteiger partial charge on any atom is -0.387 e. The van der Waals surface area contributed by atoms with Crippen LogP contribution in [0.15, 0.2) is 27.7 Å². The van der Waals surface area contributed by atoms with Crippen molar-refractivity contribution in [3.8, 4) is 0 Å². The van der Waals surface area contributed by atoms with Crippen LogP contribution in [0.4, 0.5) is 10.1 Å². The molecule has 2 N–H and O–H groups in total. The summed E-state index contributed by atoms with van der Waals surface area (Å²) in [5, 5.41) is 0. The Kier molecular flexibility index (Phi) is 4.15. The summed E-state index contributed by atoms with van der Waals surface area (Å²) in [7, 11) is 0. The molecule has 2 rings (SSSR count). The smallest absolute Gasteiger partial charge is 0.139 e. The lowest BCUT2D eigenvalue weighted by molar-refractivity contribution is 0.437. The molecule has 0 amide bonds. The number of aliphatic imine (C=N–C) groups is 1. The Morgan fingerprint density at radius 2 is 2.00 bits per heavy atom. The maximum atomic E-state index is 13.3. The van der Waals surface area contributed by atoms with Crippen molar-refractivity contribution in [2.75, 3.05) is 0 Å². The molecule has 0 atom stereocenters. The molecule has 0 radical (unpaired) electrons. The Bertz CT molecular complexity index is 425. The molecule has 1 aliphatic carbocycles. The van der Waals surface area contributed by atoms with Crippen LogP contribution in [0.2, 0.25) is 0 Å². The Balaban J connectivity index is 2.13. The monoisotopic (exact) mass is 298 g/mol. The molecule has 1 fully saturated rings. The highest BCUT2D eigenvalue weighted by atomic mass is 79.9. The number of nitrogens with zero attached hydrogens (tertiary/aromatic N) is 1. The van der Waals surface area contributed by atoms with Gasteiger partial charge in [0.15, 0.2) is 0 Å². The summed E-state index contributed by atoms with van der Waals surface area (Å²) in [6.45, 7) is 0. The third-order valence-corrected chi connectivity index (χ3v) is 3.83. The normalized spacial score (nSPS) is 18.4. The molecule has 1 aromatic rings. The molecule has 0 heterocycles. The number of hydrogen-bond acceptors (Lipinski definition) is 1. The summed E-state index contributed by atoms with van der Waals surface area (Å²) in [6, 6.07) is 4.82. The van der Waals surface area contributed by atoms with Crippen molar-refractivity contribution in [2.45, 2.75) is 32.1 Å². The number of rotatable bonds is 2. The summed E-state index contributed by atoms with van der Waals surface area (Å²) in [5.41, 5.74) is 6.58. The average Bonchev–Trinajstić information content (AvgIpc) is 2.35. The average molecular weight is 299 g/mol. The van der Waals surface area contributed by atoms with Crippen LogP contribution in [0.1, 0.15) is 32.1 Å². The van der Waals surface area contributed by atoms with E-state index in [2.05, 4.69) is 20.9 Å². The minimum absolute atomic E-state index is 0.303. The van der Waals surface area contributed by atoms with Gasteiger partial charge >= 0.3 is 0 Å². The molecule has 0 spiro atoms. The molecule has 0 saturated heterocycles. The fourth-order valence-corrected chi connectivity index (χ4v) is 2.44. The van der Waals surface area contributed by atoms with Crippen molar-refractivity contribution >= 4 is 27.5 Å². The standard InChI is InChI=1S/C13H16BrFN2/c14-11-7-6-10(8-12(11)15)17-13(16)9-4-2-1-3-5-9/h6-9H,1-5H2,(H2,16,17). The van der Waals surface area contributed by atoms with Crippen LogP contribution >= 0.6 is 15.9 Å². The van der Waals surface area contributed by atoms with E-state index < -0.39 is 0 Å². The number of hydrogen-bond donors (Lipinski definition) is 1. The van der Waals surface area contributed by atoms with Gasteiger partial charge in [-0.05, 0) is 40.9 Å². The van der Waals surface area contributed by atoms with E-state index in [-0.39, 0.29) is 5.82 Å². The van der Waals surface area contributed by atoms with Crippen molar-refractivity contribution < 1.29 is 4.39 Å². The van der Waals surface area contributed by atoms with Gasteiger partial charge in [-0.1, -0.05) is 19.3 Å². The van der Waals surface area contributed by atoms with E-state index in [0.717, 1.165) is 12.8 Å². The molecule has 17 heavy (non-hydrogen) atoms. The maximum absolute atomic E-state index is 13.3. The van der Waals surface area contributed by atoms with Crippen molar-refractivity contribution in [3.63, 3.8) is 0 Å². The number of halogens is 2. The van der Waals surface area contributed by atoms with Crippen LogP contribution in [0, 0.1) is 11.7 Å². The highest BCUT2D eigenvalue weighted by Crippen LogP contribution is 2.26. The highest BCUT2D eigenvalue weighted by molar-refractivity contribution is 9.10. The molecular formula is C13H16BrFN2. The molecule has 0 bridgehead atoms. The van der Waals surface area contributed by atoms with E-state index in [4.69, 9.17) is 5.73 Å². The van der Waals surface area contributed by atoms with Gasteiger partial charge in [-0.25, -0.2) is 9.38 Å². The molecule has 1 saturated carbocycles. The molecule has 0 aromatic heterocycles. The molecule has 4 heteroatoms. The van der Waals surface area contributed by atoms with E-state index in [0.29, 0.717) is 21.9 Å². The Morgan fingerprint density at radius 1 is 1.29 bits per heavy atom. The summed E-state index contributed by atoms with van der Waals surface area (Å²) >= 11 is 3.12. The fraction of sp³-hybridized carbons (Fsp3) is 0.462. The van der Waals surface area contributed by atoms with Gasteiger partial charge < -0.3 is 5.73 Å². The maximum Gasteiger partial charge on any atom is 0.139 e. The van der Waals surface area contributed by atoms with E-state index in [1.165, 1.54) is 25.3 Å². The van der Waals surface area contributed by atoms with Gasteiger partial charge in [0.1, 0.15) is 11.7 Å². The van der Waals surface area contributed by atoms with Crippen LogP contribution in [-0.2, 0) is 0 Å². The van der Waals surface area contributed by atoms with E-state index in [9.17, 15) is 4.39 Å². The lowest BCUT2D eigenvalue weighted by atomic mass is 9.88. The first-order valence-corrected chi connectivity index (χ1v) is 6.75. The van der Waals surface area contributed by atoms with Crippen LogP contribution in [0.3, 0.4) is 0 Å². The lowest BCUT2D eigenvalue weighted by Gasteiger charge is -2.20. The van der Waals surface area contributed by atoms with Gasteiger partial charge in [0.25, 0.3) is 0 Å². The second-order valence-corrected chi connectivity index (χ2v) is 5.32. The number of benzene rings is 1. The zero-order chi connectivity index (χ0) is 12.3. The van der Waals surface area contributed by atoms with E-state index in [1.54, 1.807) is 12.1 Å². The first-order chi connectivity index (χ1) is 8.16. The third-order valence-electron chi connectivity index (χ3n) is 3.18. The van der Waals surface area contributed by atoms with Gasteiger partial charge in [0.2, 0.25) is 0 Å². The van der Waals surface area contributed by atoms with Crippen molar-refractivity contribution in [1.29, 1.82) is 0 Å². The molecule has 92 valence electrons. The largest absolute Gasteiger partial charge is 0.387 e. The van der Waals surface area contributed by atoms with Crippen LogP contribution < -0.4 is 5.73 Å². The summed E-state index contributed by atoms with van der Waals surface area (Å²) in [5.74, 6) is 0.713. The van der Waals surface area contributed by atoms with Crippen LogP contribution in [0.5, 0.6) is 0 Å². The zero-order valence-corrected chi connectivity index (χ0v) is 11.2. The van der Waals surface area contributed by atoms with Crippen LogP contribution in [0.25, 0.3) is 0 Å². The van der Waals surface area contributed by atoms with Gasteiger partial charge in [0.05, 0.1) is 10.2 Å². The predicted octanol–water partition coefficient (Wildman–Crippen LogP) is 4.16. The lowest BCUT2D eigenvalue weighted by Crippen LogP contribution is -2.25. The second kappa shape index (κ2) is 5.63. The van der Waals surface area contributed by atoms with Gasteiger partial charge in [-0.15, -0.1) is 0 Å². The molecule has 1 aliphatic rings. The highest BCUT2D eigenvalue weighted by Gasteiger charge is 2.16. The molecule has 0 aliphatic heterocycles. The molecule has 2 nitrogen and oxygen atoms in total. The van der Waals surface area contributed by atoms with E-state index >= 15 is 0 Å². The van der Waals surface area contributed by atoms with Gasteiger partial charge in [-0.2, -0.15) is 0 Å².